The van der Waals surface area contributed by atoms with E-state index >= 15 is 0 Å². The van der Waals surface area contributed by atoms with Crippen molar-refractivity contribution < 1.29 is 9.59 Å². The molecule has 0 spiro atoms. The normalized spacial score (nSPS) is 11.0. The molecule has 0 aliphatic carbocycles. The molecule has 2 aromatic heterocycles. The Labute approximate surface area is 146 Å². The van der Waals surface area contributed by atoms with E-state index in [0.717, 1.165) is 23.1 Å². The number of H-pyrrole nitrogens is 1. The molecule has 0 bridgehead atoms. The minimum Gasteiger partial charge on any atom is -0.355 e. The molecule has 0 saturated carbocycles. The molecule has 0 fully saturated rings. The van der Waals surface area contributed by atoms with Crippen LogP contribution in [0.2, 0.25) is 0 Å². The van der Waals surface area contributed by atoms with E-state index in [1.807, 2.05) is 35.9 Å². The number of carbonyl (C=O) groups excluding carboxylic acids is 2. The Morgan fingerprint density at radius 1 is 1.24 bits per heavy atom. The smallest absolute Gasteiger partial charge is 0.253 e. The first-order chi connectivity index (χ1) is 11.9. The average molecular weight is 338 g/mol. The molecule has 6 nitrogen and oxygen atoms in total. The minimum atomic E-state index is -0.200. The second kappa shape index (κ2) is 6.55. The maximum Gasteiger partial charge on any atom is 0.253 e. The van der Waals surface area contributed by atoms with E-state index in [2.05, 4.69) is 15.4 Å². The maximum atomic E-state index is 12.6. The summed E-state index contributed by atoms with van der Waals surface area (Å²) in [4.78, 5) is 27.3. The number of hydrogen-bond donors (Lipinski definition) is 2. The molecule has 0 aliphatic rings. The minimum absolute atomic E-state index is 0.0765. The van der Waals surface area contributed by atoms with Crippen LogP contribution < -0.4 is 5.32 Å². The molecular weight excluding hydrogens is 316 g/mol. The van der Waals surface area contributed by atoms with Crippen LogP contribution in [-0.2, 0) is 13.1 Å². The van der Waals surface area contributed by atoms with E-state index in [0.29, 0.717) is 29.1 Å². The summed E-state index contributed by atoms with van der Waals surface area (Å²) in [5.41, 5.74) is 4.30. The number of aryl methyl sites for hydroxylation is 2. The van der Waals surface area contributed by atoms with Crippen LogP contribution in [0.5, 0.6) is 0 Å². The van der Waals surface area contributed by atoms with E-state index < -0.39 is 0 Å². The molecule has 2 heterocycles. The van der Waals surface area contributed by atoms with Gasteiger partial charge < -0.3 is 10.3 Å². The van der Waals surface area contributed by atoms with Crippen molar-refractivity contribution in [3.05, 3.63) is 52.5 Å². The summed E-state index contributed by atoms with van der Waals surface area (Å²) in [5, 5.41) is 8.56. The number of Topliss-reactive ketones (excluding diaryl/α,β-unsaturated/α-hetero) is 1. The number of ketones is 1. The molecule has 3 aromatic rings. The summed E-state index contributed by atoms with van der Waals surface area (Å²) in [7, 11) is 0. The molecular formula is C19H22N4O2. The summed E-state index contributed by atoms with van der Waals surface area (Å²) >= 11 is 0. The molecule has 0 radical (unpaired) electrons. The number of nitrogens with zero attached hydrogens (tertiary/aromatic N) is 2. The van der Waals surface area contributed by atoms with Crippen molar-refractivity contribution in [2.75, 3.05) is 0 Å². The fraction of sp³-hybridized carbons (Fsp3) is 0.316. The van der Waals surface area contributed by atoms with Crippen molar-refractivity contribution in [1.82, 2.24) is 20.1 Å². The number of nitrogens with one attached hydrogen (secondary N) is 2. The van der Waals surface area contributed by atoms with Gasteiger partial charge >= 0.3 is 0 Å². The lowest BCUT2D eigenvalue weighted by atomic mass is 10.1. The number of benzene rings is 1. The Kier molecular flexibility index (Phi) is 4.44. The predicted molar refractivity (Wildman–Crippen MR) is 96.8 cm³/mol. The Morgan fingerprint density at radius 2 is 1.96 bits per heavy atom. The first-order valence-corrected chi connectivity index (χ1v) is 8.36. The second-order valence-corrected chi connectivity index (χ2v) is 6.14. The number of carbonyl (C=O) groups is 2. The van der Waals surface area contributed by atoms with E-state index in [4.69, 9.17) is 0 Å². The Bertz CT molecular complexity index is 965. The molecule has 0 unspecified atom stereocenters. The quantitative estimate of drug-likeness (QED) is 0.701. The molecule has 0 atom stereocenters. The number of aromatic nitrogens is 3. The van der Waals surface area contributed by atoms with Gasteiger partial charge in [0.05, 0.1) is 29.0 Å². The zero-order valence-electron chi connectivity index (χ0n) is 14.9. The van der Waals surface area contributed by atoms with Crippen LogP contribution in [0, 0.1) is 13.8 Å². The zero-order chi connectivity index (χ0) is 18.1. The fourth-order valence-electron chi connectivity index (χ4n) is 3.26. The maximum absolute atomic E-state index is 12.6. The van der Waals surface area contributed by atoms with Crippen LogP contribution in [0.25, 0.3) is 10.9 Å². The third-order valence-electron chi connectivity index (χ3n) is 4.47. The largest absolute Gasteiger partial charge is 0.355 e. The Balaban J connectivity index is 1.85. The molecule has 1 aromatic carbocycles. The van der Waals surface area contributed by atoms with Gasteiger partial charge in [0, 0.05) is 24.5 Å². The number of rotatable bonds is 5. The summed E-state index contributed by atoms with van der Waals surface area (Å²) in [6, 6.07) is 7.98. The van der Waals surface area contributed by atoms with Crippen LogP contribution >= 0.6 is 0 Å². The van der Waals surface area contributed by atoms with Crippen LogP contribution in [-0.4, -0.2) is 26.5 Å². The lowest BCUT2D eigenvalue weighted by Gasteiger charge is -2.05. The van der Waals surface area contributed by atoms with Crippen LogP contribution in [0.4, 0.5) is 0 Å². The monoisotopic (exact) mass is 338 g/mol. The highest BCUT2D eigenvalue weighted by atomic mass is 16.1. The first-order valence-electron chi connectivity index (χ1n) is 8.36. The summed E-state index contributed by atoms with van der Waals surface area (Å²) in [6.45, 7) is 8.23. The van der Waals surface area contributed by atoms with Crippen LogP contribution in [0.1, 0.15) is 51.6 Å². The van der Waals surface area contributed by atoms with Gasteiger partial charge in [-0.2, -0.15) is 5.10 Å². The fourth-order valence-corrected chi connectivity index (χ4v) is 3.26. The third kappa shape index (κ3) is 2.95. The molecule has 1 amide bonds. The summed E-state index contributed by atoms with van der Waals surface area (Å²) < 4.78 is 1.93. The standard InChI is InChI=1S/C19H22N4O2/c1-5-23-16-9-7-6-8-14(16)15(22-23)10-20-19(25)17-11(2)18(13(4)24)21-12(17)3/h6-9,21H,5,10H2,1-4H3,(H,20,25). The highest BCUT2D eigenvalue weighted by molar-refractivity contribution is 6.02. The van der Waals surface area contributed by atoms with Crippen molar-refractivity contribution in [3.63, 3.8) is 0 Å². The number of hydrogen-bond acceptors (Lipinski definition) is 3. The van der Waals surface area contributed by atoms with E-state index in [9.17, 15) is 9.59 Å². The lowest BCUT2D eigenvalue weighted by molar-refractivity contribution is 0.0949. The number of amides is 1. The van der Waals surface area contributed by atoms with Crippen LogP contribution in [0.3, 0.4) is 0 Å². The summed E-state index contributed by atoms with van der Waals surface area (Å²) in [6.07, 6.45) is 0. The topological polar surface area (TPSA) is 79.8 Å². The van der Waals surface area contributed by atoms with Gasteiger partial charge in [0.25, 0.3) is 5.91 Å². The van der Waals surface area contributed by atoms with Gasteiger partial charge in [0.2, 0.25) is 0 Å². The lowest BCUT2D eigenvalue weighted by Crippen LogP contribution is -2.24. The second-order valence-electron chi connectivity index (χ2n) is 6.14. The van der Waals surface area contributed by atoms with Crippen molar-refractivity contribution >= 4 is 22.6 Å². The third-order valence-corrected chi connectivity index (χ3v) is 4.47. The van der Waals surface area contributed by atoms with Crippen molar-refractivity contribution in [2.24, 2.45) is 0 Å². The number of fused-ring (bicyclic) bond motifs is 1. The SMILES string of the molecule is CCn1nc(CNC(=O)c2c(C)[nH]c(C(C)=O)c2C)c2ccccc21. The highest BCUT2D eigenvalue weighted by Crippen LogP contribution is 2.20. The average Bonchev–Trinajstić information content (AvgIpc) is 3.10. The Hall–Kier alpha value is -2.89. The van der Waals surface area contributed by atoms with Crippen molar-refractivity contribution in [2.45, 2.75) is 40.8 Å². The first kappa shape index (κ1) is 17.0. The highest BCUT2D eigenvalue weighted by Gasteiger charge is 2.20. The summed E-state index contributed by atoms with van der Waals surface area (Å²) in [5.74, 6) is -0.277. The molecule has 3 rings (SSSR count). The Morgan fingerprint density at radius 3 is 2.60 bits per heavy atom. The van der Waals surface area contributed by atoms with Gasteiger partial charge in [-0.3, -0.25) is 14.3 Å². The van der Waals surface area contributed by atoms with E-state index in [1.54, 1.807) is 13.8 Å². The van der Waals surface area contributed by atoms with Crippen molar-refractivity contribution in [3.8, 4) is 0 Å². The molecule has 0 saturated heterocycles. The predicted octanol–water partition coefficient (Wildman–Crippen LogP) is 3.13. The van der Waals surface area contributed by atoms with E-state index in [-0.39, 0.29) is 11.7 Å². The van der Waals surface area contributed by atoms with Crippen molar-refractivity contribution in [1.29, 1.82) is 0 Å². The molecule has 0 aliphatic heterocycles. The van der Waals surface area contributed by atoms with Gasteiger partial charge in [-0.15, -0.1) is 0 Å². The van der Waals surface area contributed by atoms with Gasteiger partial charge in [-0.05, 0) is 32.4 Å². The van der Waals surface area contributed by atoms with E-state index in [1.165, 1.54) is 6.92 Å². The van der Waals surface area contributed by atoms with Gasteiger partial charge in [0.15, 0.2) is 5.78 Å². The van der Waals surface area contributed by atoms with Crippen LogP contribution in [0.15, 0.2) is 24.3 Å². The van der Waals surface area contributed by atoms with Gasteiger partial charge in [0.1, 0.15) is 0 Å². The molecule has 6 heteroatoms. The zero-order valence-corrected chi connectivity index (χ0v) is 14.9. The molecule has 130 valence electrons. The number of aromatic amines is 1. The number of para-hydroxylation sites is 1. The van der Waals surface area contributed by atoms with Gasteiger partial charge in [-0.1, -0.05) is 18.2 Å². The molecule has 2 N–H and O–H groups in total. The van der Waals surface area contributed by atoms with Gasteiger partial charge in [-0.25, -0.2) is 0 Å². The molecule has 25 heavy (non-hydrogen) atoms.